The van der Waals surface area contributed by atoms with Gasteiger partial charge in [-0.25, -0.2) is 9.97 Å². The highest BCUT2D eigenvalue weighted by atomic mass is 79.9. The van der Waals surface area contributed by atoms with Crippen molar-refractivity contribution in [2.24, 2.45) is 0 Å². The third-order valence-electron chi connectivity index (χ3n) is 2.17. The van der Waals surface area contributed by atoms with E-state index < -0.39 is 4.92 Å². The van der Waals surface area contributed by atoms with Gasteiger partial charge in [-0.15, -0.1) is 0 Å². The average molecular weight is 310 g/mol. The third kappa shape index (κ3) is 2.77. The molecule has 2 aromatic heterocycles. The van der Waals surface area contributed by atoms with E-state index in [1.54, 1.807) is 12.3 Å². The molecule has 8 heteroatoms. The van der Waals surface area contributed by atoms with Gasteiger partial charge in [0.25, 0.3) is 0 Å². The van der Waals surface area contributed by atoms with Crippen molar-refractivity contribution in [1.29, 1.82) is 0 Å². The Morgan fingerprint density at radius 1 is 1.39 bits per heavy atom. The standard InChI is InChI=1S/C10H8BrN5O2/c11-8-4-13-5-9(16(17)18)10(8)14-3-7-1-2-12-6-15-7/h1-2,4-6H,3H2,(H,13,14). The highest BCUT2D eigenvalue weighted by Crippen LogP contribution is 2.31. The van der Waals surface area contributed by atoms with Crippen molar-refractivity contribution < 1.29 is 4.92 Å². The molecule has 2 heterocycles. The van der Waals surface area contributed by atoms with Crippen LogP contribution in [0, 0.1) is 10.1 Å². The van der Waals surface area contributed by atoms with Crippen molar-refractivity contribution >= 4 is 27.3 Å². The molecule has 7 nitrogen and oxygen atoms in total. The summed E-state index contributed by atoms with van der Waals surface area (Å²) in [6, 6.07) is 1.73. The first-order valence-electron chi connectivity index (χ1n) is 4.95. The Balaban J connectivity index is 2.21. The first-order chi connectivity index (χ1) is 8.68. The maximum atomic E-state index is 10.9. The highest BCUT2D eigenvalue weighted by Gasteiger charge is 2.16. The van der Waals surface area contributed by atoms with E-state index in [1.165, 1.54) is 18.7 Å². The summed E-state index contributed by atoms with van der Waals surface area (Å²) in [6.45, 7) is 0.367. The molecule has 2 rings (SSSR count). The highest BCUT2D eigenvalue weighted by molar-refractivity contribution is 9.10. The lowest BCUT2D eigenvalue weighted by molar-refractivity contribution is -0.384. The summed E-state index contributed by atoms with van der Waals surface area (Å²) >= 11 is 3.23. The van der Waals surface area contributed by atoms with Gasteiger partial charge >= 0.3 is 5.69 Å². The van der Waals surface area contributed by atoms with Crippen molar-refractivity contribution in [3.8, 4) is 0 Å². The Kier molecular flexibility index (Phi) is 3.78. The maximum absolute atomic E-state index is 10.9. The molecule has 0 spiro atoms. The molecule has 0 unspecified atom stereocenters. The number of anilines is 1. The molecule has 0 saturated carbocycles. The summed E-state index contributed by atoms with van der Waals surface area (Å²) in [5.74, 6) is 0. The Hall–Kier alpha value is -2.09. The Morgan fingerprint density at radius 2 is 2.22 bits per heavy atom. The number of aromatic nitrogens is 3. The van der Waals surface area contributed by atoms with Gasteiger partial charge < -0.3 is 5.32 Å². The Bertz CT molecular complexity index is 563. The number of halogens is 1. The molecule has 0 radical (unpaired) electrons. The van der Waals surface area contributed by atoms with Crippen molar-refractivity contribution in [1.82, 2.24) is 15.0 Å². The van der Waals surface area contributed by atoms with Gasteiger partial charge in [0.1, 0.15) is 18.2 Å². The molecular formula is C10H8BrN5O2. The number of nitro groups is 1. The molecule has 0 atom stereocenters. The molecule has 0 aliphatic carbocycles. The molecule has 0 aliphatic heterocycles. The number of hydrogen-bond acceptors (Lipinski definition) is 6. The first-order valence-corrected chi connectivity index (χ1v) is 5.74. The van der Waals surface area contributed by atoms with Crippen LogP contribution in [0.1, 0.15) is 5.69 Å². The van der Waals surface area contributed by atoms with Crippen LogP contribution in [0.25, 0.3) is 0 Å². The normalized spacial score (nSPS) is 10.1. The largest absolute Gasteiger partial charge is 0.373 e. The lowest BCUT2D eigenvalue weighted by Crippen LogP contribution is -2.05. The van der Waals surface area contributed by atoms with Crippen LogP contribution in [0.4, 0.5) is 11.4 Å². The van der Waals surface area contributed by atoms with E-state index >= 15 is 0 Å². The van der Waals surface area contributed by atoms with E-state index in [1.807, 2.05) is 0 Å². The van der Waals surface area contributed by atoms with E-state index in [4.69, 9.17) is 0 Å². The topological polar surface area (TPSA) is 93.8 Å². The Labute approximate surface area is 111 Å². The second-order valence-electron chi connectivity index (χ2n) is 3.33. The maximum Gasteiger partial charge on any atom is 0.311 e. The second kappa shape index (κ2) is 5.50. The van der Waals surface area contributed by atoms with Crippen LogP contribution in [0.15, 0.2) is 35.5 Å². The fourth-order valence-electron chi connectivity index (χ4n) is 1.34. The molecule has 92 valence electrons. The van der Waals surface area contributed by atoms with Crippen LogP contribution in [-0.2, 0) is 6.54 Å². The van der Waals surface area contributed by atoms with Gasteiger partial charge in [0.2, 0.25) is 0 Å². The molecule has 0 fully saturated rings. The first kappa shape index (κ1) is 12.4. The monoisotopic (exact) mass is 309 g/mol. The van der Waals surface area contributed by atoms with Gasteiger partial charge in [-0.3, -0.25) is 15.1 Å². The van der Waals surface area contributed by atoms with Crippen LogP contribution in [-0.4, -0.2) is 19.9 Å². The summed E-state index contributed by atoms with van der Waals surface area (Å²) in [5.41, 5.74) is 1.04. The summed E-state index contributed by atoms with van der Waals surface area (Å²) in [6.07, 6.45) is 5.73. The fourth-order valence-corrected chi connectivity index (χ4v) is 1.80. The molecule has 1 N–H and O–H groups in total. The van der Waals surface area contributed by atoms with Crippen LogP contribution in [0.3, 0.4) is 0 Å². The molecular weight excluding hydrogens is 302 g/mol. The number of hydrogen-bond donors (Lipinski definition) is 1. The Morgan fingerprint density at radius 3 is 2.89 bits per heavy atom. The summed E-state index contributed by atoms with van der Waals surface area (Å²) < 4.78 is 0.533. The zero-order valence-corrected chi connectivity index (χ0v) is 10.7. The molecule has 0 aliphatic rings. The number of nitrogens with zero attached hydrogens (tertiary/aromatic N) is 4. The lowest BCUT2D eigenvalue weighted by atomic mass is 10.3. The van der Waals surface area contributed by atoms with Crippen LogP contribution in [0.5, 0.6) is 0 Å². The van der Waals surface area contributed by atoms with E-state index in [0.29, 0.717) is 16.7 Å². The van der Waals surface area contributed by atoms with Gasteiger partial charge in [0.05, 0.1) is 21.6 Å². The number of rotatable bonds is 4. The van der Waals surface area contributed by atoms with Gasteiger partial charge in [-0.2, -0.15) is 0 Å². The van der Waals surface area contributed by atoms with Crippen LogP contribution >= 0.6 is 15.9 Å². The SMILES string of the molecule is O=[N+]([O-])c1cncc(Br)c1NCc1ccncn1. The zero-order valence-electron chi connectivity index (χ0n) is 9.08. The van der Waals surface area contributed by atoms with Crippen molar-refractivity contribution in [2.45, 2.75) is 6.54 Å². The van der Waals surface area contributed by atoms with Crippen molar-refractivity contribution in [2.75, 3.05) is 5.32 Å². The molecule has 0 bridgehead atoms. The molecule has 18 heavy (non-hydrogen) atoms. The van der Waals surface area contributed by atoms with E-state index in [2.05, 4.69) is 36.2 Å². The predicted octanol–water partition coefficient (Wildman–Crippen LogP) is 2.15. The zero-order chi connectivity index (χ0) is 13.0. The van der Waals surface area contributed by atoms with E-state index in [-0.39, 0.29) is 5.69 Å². The smallest absolute Gasteiger partial charge is 0.311 e. The molecule has 0 aromatic carbocycles. The van der Waals surface area contributed by atoms with E-state index in [9.17, 15) is 10.1 Å². The van der Waals surface area contributed by atoms with Crippen molar-refractivity contribution in [3.63, 3.8) is 0 Å². The van der Waals surface area contributed by atoms with Crippen LogP contribution < -0.4 is 5.32 Å². The lowest BCUT2D eigenvalue weighted by Gasteiger charge is -2.07. The van der Waals surface area contributed by atoms with Gasteiger partial charge in [-0.1, -0.05) is 0 Å². The van der Waals surface area contributed by atoms with Crippen molar-refractivity contribution in [3.05, 3.63) is 51.3 Å². The summed E-state index contributed by atoms with van der Waals surface area (Å²) in [5, 5.41) is 13.8. The minimum atomic E-state index is -0.486. The van der Waals surface area contributed by atoms with Gasteiger partial charge in [0.15, 0.2) is 0 Å². The predicted molar refractivity (Wildman–Crippen MR) is 68.0 cm³/mol. The fraction of sp³-hybridized carbons (Fsp3) is 0.100. The number of pyridine rings is 1. The average Bonchev–Trinajstić information content (AvgIpc) is 2.38. The van der Waals surface area contributed by atoms with Gasteiger partial charge in [-0.05, 0) is 22.0 Å². The third-order valence-corrected chi connectivity index (χ3v) is 2.77. The summed E-state index contributed by atoms with van der Waals surface area (Å²) in [7, 11) is 0. The molecule has 0 amide bonds. The minimum absolute atomic E-state index is 0.0848. The second-order valence-corrected chi connectivity index (χ2v) is 4.18. The molecule has 0 saturated heterocycles. The molecule has 2 aromatic rings. The minimum Gasteiger partial charge on any atom is -0.373 e. The van der Waals surface area contributed by atoms with E-state index in [0.717, 1.165) is 5.69 Å². The quantitative estimate of drug-likeness (QED) is 0.687. The van der Waals surface area contributed by atoms with Gasteiger partial charge in [0, 0.05) is 12.4 Å². The summed E-state index contributed by atoms with van der Waals surface area (Å²) in [4.78, 5) is 22.0. The number of nitrogens with one attached hydrogen (secondary N) is 1. The van der Waals surface area contributed by atoms with Crippen LogP contribution in [0.2, 0.25) is 0 Å².